The van der Waals surface area contributed by atoms with Gasteiger partial charge in [-0.3, -0.25) is 14.5 Å². The number of hydrogen-bond acceptors (Lipinski definition) is 2. The molecule has 1 aliphatic rings. The normalized spacial score (nSPS) is 11.9. The van der Waals surface area contributed by atoms with Crippen LogP contribution in [0.3, 0.4) is 0 Å². The van der Waals surface area contributed by atoms with Crippen LogP contribution in [0.5, 0.6) is 0 Å². The Kier molecular flexibility index (Phi) is 14.8. The van der Waals surface area contributed by atoms with Crippen LogP contribution >= 0.6 is 0 Å². The van der Waals surface area contributed by atoms with E-state index in [1.165, 1.54) is 15.4 Å². The number of benzene rings is 2. The molecule has 2 amide bonds. The third-order valence-electron chi connectivity index (χ3n) is 6.57. The van der Waals surface area contributed by atoms with Gasteiger partial charge in [0.15, 0.2) is 13.1 Å². The lowest BCUT2D eigenvalue weighted by Gasteiger charge is -2.27. The standard InChI is InChI=1S/C26H36N4O2.2ClH.H2O/c1-5-28(6-2)18-25(31)27-22-16-15-21-14-13-20-11-9-10-12-23(20)30(24(21)17-22)26(32)19-29(7-3)8-4;;;/h9-12,15-17H,5-8,13-14,18-19H2,1-4H3,(H,27,31);2*1H;1H2. The minimum Gasteiger partial charge on any atom is -1.00 e. The zero-order valence-electron chi connectivity index (χ0n) is 21.2. The topological polar surface area (TPSA) is 89.8 Å². The summed E-state index contributed by atoms with van der Waals surface area (Å²) in [6.07, 6.45) is 1.76. The van der Waals surface area contributed by atoms with Crippen molar-refractivity contribution in [3.8, 4) is 0 Å². The van der Waals surface area contributed by atoms with Crippen molar-refractivity contribution >= 4 is 28.9 Å². The van der Waals surface area contributed by atoms with Crippen LogP contribution < -0.4 is 44.8 Å². The number of nitrogens with one attached hydrogen (secondary N) is 3. The van der Waals surface area contributed by atoms with Crippen LogP contribution in [0.4, 0.5) is 17.1 Å². The molecule has 0 atom stereocenters. The summed E-state index contributed by atoms with van der Waals surface area (Å²) < 4.78 is 0. The molecule has 0 radical (unpaired) electrons. The Balaban J connectivity index is 0.00000385. The predicted molar refractivity (Wildman–Crippen MR) is 134 cm³/mol. The molecule has 2 aromatic carbocycles. The third-order valence-corrected chi connectivity index (χ3v) is 6.57. The van der Waals surface area contributed by atoms with Gasteiger partial charge in [0.1, 0.15) is 0 Å². The van der Waals surface area contributed by atoms with Crippen molar-refractivity contribution in [1.29, 1.82) is 0 Å². The van der Waals surface area contributed by atoms with Gasteiger partial charge in [-0.1, -0.05) is 24.3 Å². The largest absolute Gasteiger partial charge is 1.00 e. The molecule has 0 fully saturated rings. The Morgan fingerprint density at radius 2 is 1.34 bits per heavy atom. The Bertz CT molecular complexity index is 950. The van der Waals surface area contributed by atoms with Gasteiger partial charge in [0, 0.05) is 5.69 Å². The van der Waals surface area contributed by atoms with E-state index in [1.54, 1.807) is 0 Å². The Hall–Kier alpha value is -2.16. The van der Waals surface area contributed by atoms with Crippen molar-refractivity contribution in [3.63, 3.8) is 0 Å². The van der Waals surface area contributed by atoms with Crippen molar-refractivity contribution < 1.29 is 49.7 Å². The molecule has 1 heterocycles. The number of likely N-dealkylation sites (N-methyl/N-ethyl adjacent to an activating group) is 2. The number of para-hydroxylation sites is 1. The molecule has 0 unspecified atom stereocenters. The van der Waals surface area contributed by atoms with Crippen LogP contribution in [0.15, 0.2) is 42.5 Å². The number of carbonyl (C=O) groups excluding carboxylic acids is 2. The van der Waals surface area contributed by atoms with E-state index >= 15 is 0 Å². The van der Waals surface area contributed by atoms with E-state index in [-0.39, 0.29) is 42.1 Å². The molecule has 0 aliphatic carbocycles. The molecule has 0 saturated heterocycles. The highest BCUT2D eigenvalue weighted by Gasteiger charge is 2.28. The van der Waals surface area contributed by atoms with Gasteiger partial charge in [0.05, 0.1) is 37.6 Å². The quantitative estimate of drug-likeness (QED) is 0.304. The van der Waals surface area contributed by atoms with E-state index in [0.717, 1.165) is 61.6 Å². The van der Waals surface area contributed by atoms with Crippen molar-refractivity contribution in [2.24, 2.45) is 0 Å². The summed E-state index contributed by atoms with van der Waals surface area (Å²) in [4.78, 5) is 30.6. The fourth-order valence-corrected chi connectivity index (χ4v) is 4.39. The van der Waals surface area contributed by atoms with Crippen molar-refractivity contribution in [2.75, 3.05) is 49.5 Å². The third kappa shape index (κ3) is 8.19. The molecule has 9 heteroatoms. The second kappa shape index (κ2) is 15.8. The molecule has 0 spiro atoms. The minimum atomic E-state index is 0. The summed E-state index contributed by atoms with van der Waals surface area (Å²) in [7, 11) is 0. The van der Waals surface area contributed by atoms with Crippen molar-refractivity contribution in [1.82, 2.24) is 0 Å². The Morgan fingerprint density at radius 3 is 1.94 bits per heavy atom. The fraction of sp³-hybridized carbons (Fsp3) is 0.462. The van der Waals surface area contributed by atoms with Gasteiger partial charge in [-0.2, -0.15) is 0 Å². The predicted octanol–water partition coefficient (Wildman–Crippen LogP) is -5.58. The minimum absolute atomic E-state index is 0. The van der Waals surface area contributed by atoms with Gasteiger partial charge >= 0.3 is 0 Å². The lowest BCUT2D eigenvalue weighted by molar-refractivity contribution is -0.888. The van der Waals surface area contributed by atoms with E-state index in [0.29, 0.717) is 13.1 Å². The van der Waals surface area contributed by atoms with Gasteiger partial charge in [-0.05, 0) is 69.9 Å². The molecule has 196 valence electrons. The highest BCUT2D eigenvalue weighted by molar-refractivity contribution is 6.03. The molecule has 0 saturated carbocycles. The number of aryl methyl sites for hydroxylation is 2. The van der Waals surface area contributed by atoms with E-state index in [2.05, 4.69) is 45.1 Å². The number of amides is 2. The lowest BCUT2D eigenvalue weighted by atomic mass is 10.0. The summed E-state index contributed by atoms with van der Waals surface area (Å²) in [5.74, 6) is 0.0958. The number of fused-ring (bicyclic) bond motifs is 2. The molecule has 0 bridgehead atoms. The van der Waals surface area contributed by atoms with E-state index < -0.39 is 0 Å². The highest BCUT2D eigenvalue weighted by atomic mass is 35.5. The maximum absolute atomic E-state index is 13.6. The molecule has 7 nitrogen and oxygen atoms in total. The molecule has 5 N–H and O–H groups in total. The average molecular weight is 528 g/mol. The number of carbonyl (C=O) groups is 2. The van der Waals surface area contributed by atoms with Crippen LogP contribution in [0.1, 0.15) is 38.8 Å². The molecular formula is C26H40Cl2N4O3. The Morgan fingerprint density at radius 1 is 0.800 bits per heavy atom. The number of quaternary nitrogens is 2. The van der Waals surface area contributed by atoms with Crippen LogP contribution in [-0.2, 0) is 22.4 Å². The second-order valence-electron chi connectivity index (χ2n) is 8.52. The van der Waals surface area contributed by atoms with Gasteiger partial charge < -0.3 is 45.4 Å². The fourth-order valence-electron chi connectivity index (χ4n) is 4.39. The van der Waals surface area contributed by atoms with Gasteiger partial charge in [-0.15, -0.1) is 0 Å². The average Bonchev–Trinajstić information content (AvgIpc) is 2.97. The van der Waals surface area contributed by atoms with E-state index in [9.17, 15) is 9.59 Å². The number of nitrogens with zero attached hydrogens (tertiary/aromatic N) is 1. The zero-order chi connectivity index (χ0) is 23.1. The lowest BCUT2D eigenvalue weighted by Crippen LogP contribution is -3.12. The van der Waals surface area contributed by atoms with Crippen LogP contribution in [0, 0.1) is 0 Å². The van der Waals surface area contributed by atoms with Crippen molar-refractivity contribution in [2.45, 2.75) is 40.5 Å². The Labute approximate surface area is 222 Å². The number of hydrogen-bond donors (Lipinski definition) is 3. The van der Waals surface area contributed by atoms with E-state index in [4.69, 9.17) is 0 Å². The first-order valence-corrected chi connectivity index (χ1v) is 12.0. The zero-order valence-corrected chi connectivity index (χ0v) is 22.7. The molecule has 35 heavy (non-hydrogen) atoms. The van der Waals surface area contributed by atoms with Gasteiger partial charge in [0.2, 0.25) is 0 Å². The SMILES string of the molecule is CC[NH+](CC)CC(=O)Nc1ccc2c(c1)N(C(=O)C[NH+](CC)CC)c1ccccc1CC2.O.[Cl-].[Cl-]. The second-order valence-corrected chi connectivity index (χ2v) is 8.52. The first-order chi connectivity index (χ1) is 15.5. The first-order valence-electron chi connectivity index (χ1n) is 12.0. The van der Waals surface area contributed by atoms with Crippen molar-refractivity contribution in [3.05, 3.63) is 53.6 Å². The monoisotopic (exact) mass is 526 g/mol. The summed E-state index contributed by atoms with van der Waals surface area (Å²) in [6, 6.07) is 14.2. The van der Waals surface area contributed by atoms with E-state index in [1.807, 2.05) is 35.2 Å². The maximum atomic E-state index is 13.6. The summed E-state index contributed by atoms with van der Waals surface area (Å²) in [6.45, 7) is 13.0. The van der Waals surface area contributed by atoms with Crippen LogP contribution in [0.2, 0.25) is 0 Å². The molecular weight excluding hydrogens is 487 g/mol. The van der Waals surface area contributed by atoms with Crippen LogP contribution in [-0.4, -0.2) is 56.6 Å². The molecule has 1 aliphatic heterocycles. The number of rotatable bonds is 9. The highest BCUT2D eigenvalue weighted by Crippen LogP contribution is 2.37. The molecule has 0 aromatic heterocycles. The summed E-state index contributed by atoms with van der Waals surface area (Å²) in [5, 5.41) is 3.06. The smallest absolute Gasteiger partial charge is 0.286 e. The summed E-state index contributed by atoms with van der Waals surface area (Å²) >= 11 is 0. The van der Waals surface area contributed by atoms with Gasteiger partial charge in [0.25, 0.3) is 11.8 Å². The van der Waals surface area contributed by atoms with Crippen LogP contribution in [0.25, 0.3) is 0 Å². The molecule has 3 rings (SSSR count). The maximum Gasteiger partial charge on any atom is 0.286 e. The molecule has 2 aromatic rings. The number of halogens is 2. The number of anilines is 3. The summed E-state index contributed by atoms with van der Waals surface area (Å²) in [5.41, 5.74) is 4.91. The first kappa shape index (κ1) is 32.8. The van der Waals surface area contributed by atoms with Gasteiger partial charge in [-0.25, -0.2) is 0 Å².